The lowest BCUT2D eigenvalue weighted by atomic mass is 10.2. The molecule has 1 aromatic rings. The molecule has 0 saturated heterocycles. The van der Waals surface area contributed by atoms with Crippen molar-refractivity contribution in [3.8, 4) is 0 Å². The van der Waals surface area contributed by atoms with E-state index in [0.29, 0.717) is 12.1 Å². The van der Waals surface area contributed by atoms with Gasteiger partial charge in [-0.25, -0.2) is 13.1 Å². The molecule has 0 saturated carbocycles. The summed E-state index contributed by atoms with van der Waals surface area (Å²) in [6.07, 6.45) is 1.81. The number of amides is 1. The number of carbonyl (C=O) groups excluding carboxylic acids is 1. The molecule has 0 atom stereocenters. The predicted octanol–water partition coefficient (Wildman–Crippen LogP) is 1.61. The highest BCUT2D eigenvalue weighted by Gasteiger charge is 2.18. The fraction of sp³-hybridized carbons (Fsp3) is 0.562. The number of unbranched alkanes of at least 4 members (excludes halogenated alkanes) is 1. The van der Waals surface area contributed by atoms with Gasteiger partial charge in [0.1, 0.15) is 0 Å². The van der Waals surface area contributed by atoms with Gasteiger partial charge in [0.2, 0.25) is 10.0 Å². The molecule has 0 aliphatic rings. The number of nitrogens with zero attached hydrogens (tertiary/aromatic N) is 1. The normalized spacial score (nSPS) is 11.7. The first-order valence-corrected chi connectivity index (χ1v) is 9.32. The second-order valence-electron chi connectivity index (χ2n) is 5.67. The van der Waals surface area contributed by atoms with Crippen molar-refractivity contribution >= 4 is 15.9 Å². The van der Waals surface area contributed by atoms with Crippen molar-refractivity contribution in [3.05, 3.63) is 29.8 Å². The molecule has 1 rings (SSSR count). The van der Waals surface area contributed by atoms with E-state index in [1.54, 1.807) is 18.7 Å². The molecule has 2 N–H and O–H groups in total. The van der Waals surface area contributed by atoms with E-state index >= 15 is 0 Å². The summed E-state index contributed by atoms with van der Waals surface area (Å²) < 4.78 is 26.6. The number of benzene rings is 1. The van der Waals surface area contributed by atoms with Crippen LogP contribution in [0.15, 0.2) is 29.2 Å². The van der Waals surface area contributed by atoms with Gasteiger partial charge in [-0.15, -0.1) is 0 Å². The van der Waals surface area contributed by atoms with Crippen LogP contribution in [0.3, 0.4) is 0 Å². The van der Waals surface area contributed by atoms with Gasteiger partial charge < -0.3 is 10.0 Å². The van der Waals surface area contributed by atoms with Crippen molar-refractivity contribution in [1.29, 1.82) is 0 Å². The number of aliphatic hydroxyl groups is 1. The molecular formula is C16H26N2O4S. The van der Waals surface area contributed by atoms with Gasteiger partial charge in [-0.1, -0.05) is 13.3 Å². The van der Waals surface area contributed by atoms with Crippen LogP contribution >= 0.6 is 0 Å². The van der Waals surface area contributed by atoms with E-state index in [-0.39, 0.29) is 30.0 Å². The zero-order chi connectivity index (χ0) is 17.5. The van der Waals surface area contributed by atoms with Gasteiger partial charge in [0.25, 0.3) is 5.91 Å². The van der Waals surface area contributed by atoms with Crippen molar-refractivity contribution in [3.63, 3.8) is 0 Å². The summed E-state index contributed by atoms with van der Waals surface area (Å²) in [5.74, 6) is -0.201. The first-order valence-electron chi connectivity index (χ1n) is 7.84. The third-order valence-electron chi connectivity index (χ3n) is 3.24. The SMILES string of the molecule is CCCCN(CCO)C(=O)c1ccc(S(=O)(=O)NC(C)C)cc1. The lowest BCUT2D eigenvalue weighted by molar-refractivity contribution is 0.0719. The summed E-state index contributed by atoms with van der Waals surface area (Å²) in [4.78, 5) is 14.1. The van der Waals surface area contributed by atoms with E-state index in [1.807, 2.05) is 6.92 Å². The van der Waals surface area contributed by atoms with Crippen molar-refractivity contribution in [1.82, 2.24) is 9.62 Å². The second kappa shape index (κ2) is 9.00. The molecule has 0 aliphatic carbocycles. The Balaban J connectivity index is 2.91. The van der Waals surface area contributed by atoms with E-state index < -0.39 is 10.0 Å². The predicted molar refractivity (Wildman–Crippen MR) is 89.8 cm³/mol. The molecule has 0 aromatic heterocycles. The van der Waals surface area contributed by atoms with Crippen molar-refractivity contribution in [2.24, 2.45) is 0 Å². The maximum Gasteiger partial charge on any atom is 0.253 e. The van der Waals surface area contributed by atoms with Crippen LogP contribution in [0.2, 0.25) is 0 Å². The number of nitrogens with one attached hydrogen (secondary N) is 1. The van der Waals surface area contributed by atoms with Gasteiger partial charge in [-0.2, -0.15) is 0 Å². The molecule has 23 heavy (non-hydrogen) atoms. The Morgan fingerprint density at radius 3 is 2.30 bits per heavy atom. The minimum absolute atomic E-state index is 0.0970. The van der Waals surface area contributed by atoms with Gasteiger partial charge in [0, 0.05) is 24.7 Å². The number of rotatable bonds is 9. The van der Waals surface area contributed by atoms with E-state index in [4.69, 9.17) is 5.11 Å². The van der Waals surface area contributed by atoms with Crippen LogP contribution in [0.25, 0.3) is 0 Å². The number of hydrogen-bond acceptors (Lipinski definition) is 4. The maximum absolute atomic E-state index is 12.4. The number of sulfonamides is 1. The maximum atomic E-state index is 12.4. The third kappa shape index (κ3) is 5.93. The third-order valence-corrected chi connectivity index (χ3v) is 4.92. The lowest BCUT2D eigenvalue weighted by Crippen LogP contribution is -2.34. The summed E-state index contributed by atoms with van der Waals surface area (Å²) in [6, 6.07) is 5.67. The molecule has 0 aliphatic heterocycles. The van der Waals surface area contributed by atoms with E-state index in [0.717, 1.165) is 12.8 Å². The summed E-state index contributed by atoms with van der Waals surface area (Å²) in [5, 5.41) is 9.09. The summed E-state index contributed by atoms with van der Waals surface area (Å²) >= 11 is 0. The minimum Gasteiger partial charge on any atom is -0.395 e. The number of carbonyl (C=O) groups is 1. The molecule has 0 fully saturated rings. The van der Waals surface area contributed by atoms with Crippen LogP contribution in [0.5, 0.6) is 0 Å². The zero-order valence-electron chi connectivity index (χ0n) is 13.9. The topological polar surface area (TPSA) is 86.7 Å². The molecule has 0 unspecified atom stereocenters. The lowest BCUT2D eigenvalue weighted by Gasteiger charge is -2.21. The molecule has 7 heteroatoms. The average molecular weight is 342 g/mol. The quantitative estimate of drug-likeness (QED) is 0.714. The van der Waals surface area contributed by atoms with Crippen molar-refractivity contribution < 1.29 is 18.3 Å². The fourth-order valence-corrected chi connectivity index (χ4v) is 3.37. The Morgan fingerprint density at radius 2 is 1.83 bits per heavy atom. The number of aliphatic hydroxyl groups excluding tert-OH is 1. The Kier molecular flexibility index (Phi) is 7.67. The van der Waals surface area contributed by atoms with Gasteiger partial charge in [-0.05, 0) is 44.5 Å². The molecule has 0 bridgehead atoms. The smallest absolute Gasteiger partial charge is 0.253 e. The molecular weight excluding hydrogens is 316 g/mol. The van der Waals surface area contributed by atoms with Gasteiger partial charge in [-0.3, -0.25) is 4.79 Å². The Labute approximate surface area is 138 Å². The van der Waals surface area contributed by atoms with Crippen LogP contribution < -0.4 is 4.72 Å². The Morgan fingerprint density at radius 1 is 1.22 bits per heavy atom. The molecule has 0 heterocycles. The first kappa shape index (κ1) is 19.6. The molecule has 1 aromatic carbocycles. The Hall–Kier alpha value is -1.44. The molecule has 0 radical (unpaired) electrons. The summed E-state index contributed by atoms with van der Waals surface area (Å²) in [7, 11) is -3.56. The van der Waals surface area contributed by atoms with Crippen molar-refractivity contribution in [2.75, 3.05) is 19.7 Å². The standard InChI is InChI=1S/C16H26N2O4S/c1-4-5-10-18(11-12-19)16(20)14-6-8-15(9-7-14)23(21,22)17-13(2)3/h6-9,13,17,19H,4-5,10-12H2,1-3H3. The van der Waals surface area contributed by atoms with Crippen LogP contribution in [0.1, 0.15) is 44.0 Å². The minimum atomic E-state index is -3.56. The zero-order valence-corrected chi connectivity index (χ0v) is 14.8. The van der Waals surface area contributed by atoms with Crippen LogP contribution in [-0.4, -0.2) is 50.1 Å². The highest BCUT2D eigenvalue weighted by Crippen LogP contribution is 2.13. The van der Waals surface area contributed by atoms with E-state index in [9.17, 15) is 13.2 Å². The largest absolute Gasteiger partial charge is 0.395 e. The van der Waals surface area contributed by atoms with Crippen LogP contribution in [0.4, 0.5) is 0 Å². The first-order chi connectivity index (χ1) is 10.8. The van der Waals surface area contributed by atoms with Gasteiger partial charge in [0.05, 0.1) is 11.5 Å². The Bertz CT molecular complexity index is 597. The summed E-state index contributed by atoms with van der Waals surface area (Å²) in [5.41, 5.74) is 0.415. The van der Waals surface area contributed by atoms with Crippen LogP contribution in [-0.2, 0) is 10.0 Å². The molecule has 6 nitrogen and oxygen atoms in total. The molecule has 130 valence electrons. The van der Waals surface area contributed by atoms with Gasteiger partial charge in [0.15, 0.2) is 0 Å². The highest BCUT2D eigenvalue weighted by atomic mass is 32.2. The van der Waals surface area contributed by atoms with E-state index in [1.165, 1.54) is 24.3 Å². The number of hydrogen-bond donors (Lipinski definition) is 2. The van der Waals surface area contributed by atoms with E-state index in [2.05, 4.69) is 4.72 Å². The van der Waals surface area contributed by atoms with Gasteiger partial charge >= 0.3 is 0 Å². The molecule has 0 spiro atoms. The fourth-order valence-electron chi connectivity index (χ4n) is 2.12. The second-order valence-corrected chi connectivity index (χ2v) is 7.38. The van der Waals surface area contributed by atoms with Crippen LogP contribution in [0, 0.1) is 0 Å². The average Bonchev–Trinajstić information content (AvgIpc) is 2.49. The summed E-state index contributed by atoms with van der Waals surface area (Å²) in [6.45, 7) is 6.27. The molecule has 1 amide bonds. The highest BCUT2D eigenvalue weighted by molar-refractivity contribution is 7.89. The van der Waals surface area contributed by atoms with Crippen molar-refractivity contribution in [2.45, 2.75) is 44.6 Å². The monoisotopic (exact) mass is 342 g/mol.